The lowest BCUT2D eigenvalue weighted by molar-refractivity contribution is -0.125. The van der Waals surface area contributed by atoms with Gasteiger partial charge in [0.25, 0.3) is 0 Å². The molecule has 1 heterocycles. The number of rotatable bonds is 2. The molecule has 0 unspecified atom stereocenters. The second-order valence-electron chi connectivity index (χ2n) is 4.20. The summed E-state index contributed by atoms with van der Waals surface area (Å²) in [4.78, 5) is 25.1. The lowest BCUT2D eigenvalue weighted by Gasteiger charge is -2.19. The van der Waals surface area contributed by atoms with E-state index in [-0.39, 0.29) is 11.8 Å². The normalized spacial score (nSPS) is 17.1. The Hall–Kier alpha value is -1.68. The third-order valence-electron chi connectivity index (χ3n) is 2.93. The third-order valence-corrected chi connectivity index (χ3v) is 2.93. The molecule has 0 spiro atoms. The Kier molecular flexibility index (Phi) is 3.54. The van der Waals surface area contributed by atoms with Crippen LogP contribution >= 0.6 is 0 Å². The van der Waals surface area contributed by atoms with E-state index in [2.05, 4.69) is 0 Å². The van der Waals surface area contributed by atoms with Gasteiger partial charge in [-0.15, -0.1) is 0 Å². The highest BCUT2D eigenvalue weighted by Gasteiger charge is 2.25. The van der Waals surface area contributed by atoms with Crippen LogP contribution in [0, 0.1) is 0 Å². The van der Waals surface area contributed by atoms with Gasteiger partial charge in [0.15, 0.2) is 0 Å². The summed E-state index contributed by atoms with van der Waals surface area (Å²) in [5.41, 5.74) is 7.13. The highest BCUT2D eigenvalue weighted by Crippen LogP contribution is 2.22. The van der Waals surface area contributed by atoms with Crippen molar-refractivity contribution in [1.82, 2.24) is 0 Å². The minimum absolute atomic E-state index is 0.110. The van der Waals surface area contributed by atoms with Crippen LogP contribution in [0.25, 0.3) is 0 Å². The van der Waals surface area contributed by atoms with Crippen molar-refractivity contribution in [2.24, 2.45) is 5.73 Å². The molecule has 90 valence electrons. The number of hydrogen-bond acceptors (Lipinski definition) is 3. The Morgan fingerprint density at radius 1 is 1.12 bits per heavy atom. The molecule has 0 atom stereocenters. The van der Waals surface area contributed by atoms with Gasteiger partial charge in [-0.1, -0.05) is 12.1 Å². The van der Waals surface area contributed by atoms with Crippen LogP contribution in [0.2, 0.25) is 0 Å². The molecule has 0 aliphatic carbocycles. The zero-order chi connectivity index (χ0) is 12.3. The standard InChI is InChI=1S/C13H16N2O2/c14-9-10-4-3-5-11(8-10)15-12(16)6-1-2-7-13(15)17/h3-5,8H,1-2,6-7,9,14H2. The summed E-state index contributed by atoms with van der Waals surface area (Å²) in [7, 11) is 0. The molecule has 0 aromatic heterocycles. The zero-order valence-corrected chi connectivity index (χ0v) is 9.69. The summed E-state index contributed by atoms with van der Waals surface area (Å²) >= 11 is 0. The first-order chi connectivity index (χ1) is 8.22. The minimum Gasteiger partial charge on any atom is -0.326 e. The number of benzene rings is 1. The summed E-state index contributed by atoms with van der Waals surface area (Å²) in [6.07, 6.45) is 2.46. The molecule has 4 heteroatoms. The van der Waals surface area contributed by atoms with Crippen LogP contribution in [-0.4, -0.2) is 11.8 Å². The first-order valence-corrected chi connectivity index (χ1v) is 5.87. The molecule has 1 aliphatic heterocycles. The van der Waals surface area contributed by atoms with Crippen molar-refractivity contribution >= 4 is 17.5 Å². The van der Waals surface area contributed by atoms with Crippen LogP contribution in [-0.2, 0) is 16.1 Å². The number of nitrogens with zero attached hydrogens (tertiary/aromatic N) is 1. The molecule has 2 amide bonds. The van der Waals surface area contributed by atoms with E-state index in [4.69, 9.17) is 5.73 Å². The Bertz CT molecular complexity index is 425. The van der Waals surface area contributed by atoms with Gasteiger partial charge in [0.1, 0.15) is 0 Å². The van der Waals surface area contributed by atoms with Gasteiger partial charge < -0.3 is 5.73 Å². The molecule has 1 fully saturated rings. The summed E-state index contributed by atoms with van der Waals surface area (Å²) in [5, 5.41) is 0. The monoisotopic (exact) mass is 232 g/mol. The summed E-state index contributed by atoms with van der Waals surface area (Å²) in [5.74, 6) is -0.219. The summed E-state index contributed by atoms with van der Waals surface area (Å²) in [6, 6.07) is 7.29. The van der Waals surface area contributed by atoms with Crippen LogP contribution in [0.15, 0.2) is 24.3 Å². The molecule has 0 radical (unpaired) electrons. The second-order valence-corrected chi connectivity index (χ2v) is 4.20. The number of amides is 2. The van der Waals surface area contributed by atoms with Gasteiger partial charge in [-0.3, -0.25) is 14.5 Å². The maximum Gasteiger partial charge on any atom is 0.233 e. The number of hydrogen-bond donors (Lipinski definition) is 1. The lowest BCUT2D eigenvalue weighted by Crippen LogP contribution is -2.35. The highest BCUT2D eigenvalue weighted by atomic mass is 16.2. The van der Waals surface area contributed by atoms with Gasteiger partial charge in [-0.25, -0.2) is 0 Å². The molecule has 4 nitrogen and oxygen atoms in total. The number of carbonyl (C=O) groups excluding carboxylic acids is 2. The summed E-state index contributed by atoms with van der Waals surface area (Å²) in [6.45, 7) is 0.407. The van der Waals surface area contributed by atoms with E-state index < -0.39 is 0 Å². The van der Waals surface area contributed by atoms with Gasteiger partial charge in [0.2, 0.25) is 11.8 Å². The molecule has 17 heavy (non-hydrogen) atoms. The SMILES string of the molecule is NCc1cccc(N2C(=O)CCCCC2=O)c1. The highest BCUT2D eigenvalue weighted by molar-refractivity contribution is 6.15. The molecule has 1 saturated heterocycles. The smallest absolute Gasteiger partial charge is 0.233 e. The molecular weight excluding hydrogens is 216 g/mol. The van der Waals surface area contributed by atoms with Crippen molar-refractivity contribution < 1.29 is 9.59 Å². The predicted octanol–water partition coefficient (Wildman–Crippen LogP) is 1.58. The first-order valence-electron chi connectivity index (χ1n) is 5.87. The quantitative estimate of drug-likeness (QED) is 0.787. The van der Waals surface area contributed by atoms with E-state index >= 15 is 0 Å². The van der Waals surface area contributed by atoms with Crippen molar-refractivity contribution in [3.05, 3.63) is 29.8 Å². The Labute approximate surface area is 100 Å². The molecule has 1 aliphatic rings. The van der Waals surface area contributed by atoms with E-state index in [1.165, 1.54) is 4.90 Å². The Morgan fingerprint density at radius 3 is 2.35 bits per heavy atom. The third kappa shape index (κ3) is 2.53. The van der Waals surface area contributed by atoms with Gasteiger partial charge >= 0.3 is 0 Å². The largest absolute Gasteiger partial charge is 0.326 e. The van der Waals surface area contributed by atoms with Crippen molar-refractivity contribution in [3.8, 4) is 0 Å². The Morgan fingerprint density at radius 2 is 1.76 bits per heavy atom. The van der Waals surface area contributed by atoms with E-state index in [9.17, 15) is 9.59 Å². The van der Waals surface area contributed by atoms with Gasteiger partial charge in [-0.2, -0.15) is 0 Å². The number of carbonyl (C=O) groups is 2. The fourth-order valence-corrected chi connectivity index (χ4v) is 2.03. The van der Waals surface area contributed by atoms with E-state index in [1.54, 1.807) is 12.1 Å². The fourth-order valence-electron chi connectivity index (χ4n) is 2.03. The Balaban J connectivity index is 2.34. The van der Waals surface area contributed by atoms with Crippen molar-refractivity contribution in [3.63, 3.8) is 0 Å². The molecule has 2 N–H and O–H groups in total. The first kappa shape index (κ1) is 11.8. The topological polar surface area (TPSA) is 63.4 Å². The maximum atomic E-state index is 11.9. The average molecular weight is 232 g/mol. The second kappa shape index (κ2) is 5.10. The van der Waals surface area contributed by atoms with E-state index in [1.807, 2.05) is 12.1 Å². The van der Waals surface area contributed by atoms with E-state index in [0.29, 0.717) is 25.1 Å². The van der Waals surface area contributed by atoms with Gasteiger partial charge in [0.05, 0.1) is 5.69 Å². The predicted molar refractivity (Wildman–Crippen MR) is 65.3 cm³/mol. The van der Waals surface area contributed by atoms with Gasteiger partial charge in [0, 0.05) is 19.4 Å². The molecule has 0 bridgehead atoms. The van der Waals surface area contributed by atoms with Crippen LogP contribution in [0.4, 0.5) is 5.69 Å². The van der Waals surface area contributed by atoms with Crippen LogP contribution < -0.4 is 10.6 Å². The van der Waals surface area contributed by atoms with Crippen molar-refractivity contribution in [2.75, 3.05) is 4.90 Å². The average Bonchev–Trinajstić information content (AvgIpc) is 2.51. The molecular formula is C13H16N2O2. The van der Waals surface area contributed by atoms with Crippen LogP contribution in [0.3, 0.4) is 0 Å². The molecule has 0 saturated carbocycles. The van der Waals surface area contributed by atoms with Crippen molar-refractivity contribution in [1.29, 1.82) is 0 Å². The number of nitrogens with two attached hydrogens (primary N) is 1. The van der Waals surface area contributed by atoms with E-state index in [0.717, 1.165) is 18.4 Å². The molecule has 1 aromatic rings. The van der Waals surface area contributed by atoms with Gasteiger partial charge in [-0.05, 0) is 30.5 Å². The lowest BCUT2D eigenvalue weighted by atomic mass is 10.2. The molecule has 2 rings (SSSR count). The number of imide groups is 1. The number of anilines is 1. The van der Waals surface area contributed by atoms with Crippen molar-refractivity contribution in [2.45, 2.75) is 32.2 Å². The molecule has 1 aromatic carbocycles. The van der Waals surface area contributed by atoms with Crippen LogP contribution in [0.1, 0.15) is 31.2 Å². The maximum absolute atomic E-state index is 11.9. The zero-order valence-electron chi connectivity index (χ0n) is 9.69. The van der Waals surface area contributed by atoms with Crippen LogP contribution in [0.5, 0.6) is 0 Å². The summed E-state index contributed by atoms with van der Waals surface area (Å²) < 4.78 is 0. The fraction of sp³-hybridized carbons (Fsp3) is 0.385. The minimum atomic E-state index is -0.110.